The lowest BCUT2D eigenvalue weighted by molar-refractivity contribution is -0.123. The fourth-order valence-corrected chi connectivity index (χ4v) is 3.91. The summed E-state index contributed by atoms with van der Waals surface area (Å²) in [5, 5.41) is 2.73. The summed E-state index contributed by atoms with van der Waals surface area (Å²) < 4.78 is 33.2. The van der Waals surface area contributed by atoms with Crippen molar-refractivity contribution in [1.82, 2.24) is 10.3 Å². The number of aromatic nitrogens is 1. The lowest BCUT2D eigenvalue weighted by Gasteiger charge is -2.11. The number of nitrogens with one attached hydrogen (secondary N) is 2. The van der Waals surface area contributed by atoms with Crippen molar-refractivity contribution in [2.45, 2.75) is 25.3 Å². The summed E-state index contributed by atoms with van der Waals surface area (Å²) in [6.07, 6.45) is 3.34. The summed E-state index contributed by atoms with van der Waals surface area (Å²) in [7, 11) is -3.72. The Morgan fingerprint density at radius 1 is 1.03 bits per heavy atom. The smallest absolute Gasteiger partial charge is 0.261 e. The van der Waals surface area contributed by atoms with Gasteiger partial charge in [-0.25, -0.2) is 8.42 Å². The number of hydrogen-bond donors (Lipinski definition) is 2. The minimum absolute atomic E-state index is 0.107. The summed E-state index contributed by atoms with van der Waals surface area (Å²) in [6.45, 7) is 4.00. The van der Waals surface area contributed by atoms with Crippen molar-refractivity contribution in [3.8, 4) is 5.75 Å². The Hall–Kier alpha value is -3.39. The van der Waals surface area contributed by atoms with Crippen molar-refractivity contribution in [3.05, 3.63) is 83.7 Å². The van der Waals surface area contributed by atoms with Gasteiger partial charge in [-0.3, -0.25) is 14.5 Å². The minimum Gasteiger partial charge on any atom is -0.484 e. The van der Waals surface area contributed by atoms with E-state index in [0.717, 1.165) is 16.7 Å². The van der Waals surface area contributed by atoms with Crippen molar-refractivity contribution in [1.29, 1.82) is 0 Å². The molecule has 0 unspecified atom stereocenters. The summed E-state index contributed by atoms with van der Waals surface area (Å²) in [5.41, 5.74) is 3.34. The third-order valence-electron chi connectivity index (χ3n) is 4.19. The third kappa shape index (κ3) is 6.05. The molecule has 1 aromatic heterocycles. The van der Waals surface area contributed by atoms with E-state index in [4.69, 9.17) is 4.74 Å². The highest BCUT2D eigenvalue weighted by Gasteiger charge is 2.15. The Balaban J connectivity index is 1.55. The van der Waals surface area contributed by atoms with E-state index in [1.54, 1.807) is 30.6 Å². The predicted octanol–water partition coefficient (Wildman–Crippen LogP) is 3.19. The van der Waals surface area contributed by atoms with Crippen molar-refractivity contribution in [2.75, 3.05) is 11.3 Å². The van der Waals surface area contributed by atoms with Gasteiger partial charge in [0.05, 0.1) is 4.90 Å². The number of hydrogen-bond acceptors (Lipinski definition) is 5. The van der Waals surface area contributed by atoms with Gasteiger partial charge in [0.2, 0.25) is 0 Å². The van der Waals surface area contributed by atoms with E-state index in [1.807, 2.05) is 26.0 Å². The Bertz CT molecular complexity index is 1090. The minimum atomic E-state index is -3.72. The van der Waals surface area contributed by atoms with Crippen LogP contribution in [0.25, 0.3) is 0 Å². The Labute approximate surface area is 176 Å². The number of carbonyl (C=O) groups is 1. The van der Waals surface area contributed by atoms with Crippen LogP contribution in [0.3, 0.4) is 0 Å². The lowest BCUT2D eigenvalue weighted by atomic mass is 10.1. The zero-order chi connectivity index (χ0) is 21.6. The van der Waals surface area contributed by atoms with Crippen LogP contribution in [0, 0.1) is 13.8 Å². The van der Waals surface area contributed by atoms with Gasteiger partial charge in [0, 0.05) is 24.6 Å². The first-order chi connectivity index (χ1) is 14.3. The van der Waals surface area contributed by atoms with Crippen LogP contribution >= 0.6 is 0 Å². The molecule has 0 atom stereocenters. The van der Waals surface area contributed by atoms with Gasteiger partial charge in [0.15, 0.2) is 6.61 Å². The number of amides is 1. The molecule has 30 heavy (non-hydrogen) atoms. The highest BCUT2D eigenvalue weighted by atomic mass is 32.2. The zero-order valence-corrected chi connectivity index (χ0v) is 17.6. The SMILES string of the molecule is Cc1cc(C)cc(NS(=O)(=O)c2ccc(OCC(=O)NCc3cccnc3)cc2)c1. The molecular weight excluding hydrogens is 402 g/mol. The fraction of sp³-hybridized carbons (Fsp3) is 0.182. The first-order valence-corrected chi connectivity index (χ1v) is 10.8. The standard InChI is InChI=1S/C22H23N3O4S/c1-16-10-17(2)12-19(11-16)25-30(27,28)21-7-5-20(6-8-21)29-15-22(26)24-14-18-4-3-9-23-13-18/h3-13,25H,14-15H2,1-2H3,(H,24,26). The first kappa shape index (κ1) is 21.3. The average molecular weight is 426 g/mol. The van der Waals surface area contributed by atoms with E-state index in [2.05, 4.69) is 15.0 Å². The molecule has 3 aromatic rings. The van der Waals surface area contributed by atoms with Crippen molar-refractivity contribution < 1.29 is 17.9 Å². The highest BCUT2D eigenvalue weighted by Crippen LogP contribution is 2.21. The zero-order valence-electron chi connectivity index (χ0n) is 16.8. The Morgan fingerprint density at radius 2 is 1.73 bits per heavy atom. The topological polar surface area (TPSA) is 97.4 Å². The van der Waals surface area contributed by atoms with E-state index in [0.29, 0.717) is 18.0 Å². The molecule has 7 nitrogen and oxygen atoms in total. The van der Waals surface area contributed by atoms with Gasteiger partial charge < -0.3 is 10.1 Å². The first-order valence-electron chi connectivity index (χ1n) is 9.31. The molecule has 1 heterocycles. The van der Waals surface area contributed by atoms with Gasteiger partial charge in [-0.05, 0) is 73.0 Å². The molecule has 8 heteroatoms. The third-order valence-corrected chi connectivity index (χ3v) is 5.59. The second-order valence-electron chi connectivity index (χ2n) is 6.88. The van der Waals surface area contributed by atoms with Gasteiger partial charge >= 0.3 is 0 Å². The molecule has 0 saturated carbocycles. The predicted molar refractivity (Wildman–Crippen MR) is 115 cm³/mol. The second-order valence-corrected chi connectivity index (χ2v) is 8.56. The molecule has 0 bridgehead atoms. The van der Waals surface area contributed by atoms with E-state index < -0.39 is 10.0 Å². The molecule has 3 rings (SSSR count). The van der Waals surface area contributed by atoms with Crippen molar-refractivity contribution in [2.24, 2.45) is 0 Å². The van der Waals surface area contributed by atoms with Crippen LogP contribution in [-0.4, -0.2) is 25.9 Å². The van der Waals surface area contributed by atoms with Crippen molar-refractivity contribution in [3.63, 3.8) is 0 Å². The number of nitrogens with zero attached hydrogens (tertiary/aromatic N) is 1. The second kappa shape index (κ2) is 9.41. The number of rotatable bonds is 8. The van der Waals surface area contributed by atoms with Crippen molar-refractivity contribution >= 4 is 21.6 Å². The molecule has 0 aliphatic heterocycles. The molecule has 0 radical (unpaired) electrons. The number of pyridine rings is 1. The largest absolute Gasteiger partial charge is 0.484 e. The van der Waals surface area contributed by atoms with Crippen LogP contribution in [0.2, 0.25) is 0 Å². The van der Waals surface area contributed by atoms with Crippen LogP contribution in [0.5, 0.6) is 5.75 Å². The molecule has 0 aliphatic carbocycles. The molecule has 0 aliphatic rings. The van der Waals surface area contributed by atoms with Crippen LogP contribution in [0.4, 0.5) is 5.69 Å². The van der Waals surface area contributed by atoms with Crippen LogP contribution < -0.4 is 14.8 Å². The van der Waals surface area contributed by atoms with Gasteiger partial charge in [-0.15, -0.1) is 0 Å². The number of anilines is 1. The molecule has 0 saturated heterocycles. The number of carbonyl (C=O) groups excluding carboxylic acids is 1. The Kier molecular flexibility index (Phi) is 6.68. The van der Waals surface area contributed by atoms with Gasteiger partial charge in [0.25, 0.3) is 15.9 Å². The van der Waals surface area contributed by atoms with Crippen LogP contribution in [0.1, 0.15) is 16.7 Å². The summed E-state index contributed by atoms with van der Waals surface area (Å²) >= 11 is 0. The number of aryl methyl sites for hydroxylation is 2. The van der Waals surface area contributed by atoms with Gasteiger partial charge in [0.1, 0.15) is 5.75 Å². The molecule has 2 N–H and O–H groups in total. The van der Waals surface area contributed by atoms with Gasteiger partial charge in [-0.2, -0.15) is 0 Å². The van der Waals surface area contributed by atoms with Crippen LogP contribution in [-0.2, 0) is 21.4 Å². The molecule has 156 valence electrons. The highest BCUT2D eigenvalue weighted by molar-refractivity contribution is 7.92. The summed E-state index contributed by atoms with van der Waals surface area (Å²) in [6, 6.07) is 15.1. The fourth-order valence-electron chi connectivity index (χ4n) is 2.87. The number of ether oxygens (including phenoxy) is 1. The van der Waals surface area contributed by atoms with E-state index in [9.17, 15) is 13.2 Å². The maximum Gasteiger partial charge on any atom is 0.261 e. The van der Waals surface area contributed by atoms with Gasteiger partial charge in [-0.1, -0.05) is 12.1 Å². The van der Waals surface area contributed by atoms with E-state index in [-0.39, 0.29) is 17.4 Å². The summed E-state index contributed by atoms with van der Waals surface area (Å²) in [4.78, 5) is 16.0. The molecule has 1 amide bonds. The monoisotopic (exact) mass is 425 g/mol. The summed E-state index contributed by atoms with van der Waals surface area (Å²) in [5.74, 6) is 0.115. The molecule has 0 fully saturated rings. The number of sulfonamides is 1. The maximum absolute atomic E-state index is 12.6. The van der Waals surface area contributed by atoms with E-state index in [1.165, 1.54) is 24.3 Å². The van der Waals surface area contributed by atoms with E-state index >= 15 is 0 Å². The molecular formula is C22H23N3O4S. The Morgan fingerprint density at radius 3 is 2.37 bits per heavy atom. The molecule has 0 spiro atoms. The quantitative estimate of drug-likeness (QED) is 0.578. The normalized spacial score (nSPS) is 11.0. The maximum atomic E-state index is 12.6. The average Bonchev–Trinajstić information content (AvgIpc) is 2.70. The molecule has 2 aromatic carbocycles. The van der Waals surface area contributed by atoms with Crippen LogP contribution in [0.15, 0.2) is 71.9 Å². The lowest BCUT2D eigenvalue weighted by Crippen LogP contribution is -2.28. The number of benzene rings is 2.